The average molecular weight is 402 g/mol. The number of nitrogens with zero attached hydrogens (tertiary/aromatic N) is 2. The van der Waals surface area contributed by atoms with Crippen LogP contribution >= 0.6 is 0 Å². The molecule has 0 fully saturated rings. The summed E-state index contributed by atoms with van der Waals surface area (Å²) in [6.45, 7) is 5.73. The highest BCUT2D eigenvalue weighted by molar-refractivity contribution is 5.86. The van der Waals surface area contributed by atoms with Gasteiger partial charge in [-0.3, -0.25) is 4.79 Å². The molecular weight excluding hydrogens is 373 g/mol. The van der Waals surface area contributed by atoms with Crippen LogP contribution in [-0.4, -0.2) is 56.2 Å². The Labute approximate surface area is 164 Å². The number of guanidine groups is 1. The molecule has 0 spiro atoms. The van der Waals surface area contributed by atoms with Crippen molar-refractivity contribution < 1.29 is 22.7 Å². The maximum atomic E-state index is 12.4. The third-order valence-corrected chi connectivity index (χ3v) is 3.69. The van der Waals surface area contributed by atoms with Crippen molar-refractivity contribution in [3.8, 4) is 5.75 Å². The van der Waals surface area contributed by atoms with Gasteiger partial charge in [0, 0.05) is 19.2 Å². The van der Waals surface area contributed by atoms with Crippen molar-refractivity contribution >= 4 is 11.9 Å². The lowest BCUT2D eigenvalue weighted by atomic mass is 10.1. The Bertz CT molecular complexity index is 663. The normalized spacial score (nSPS) is 11.9. The van der Waals surface area contributed by atoms with Crippen LogP contribution in [0.4, 0.5) is 13.2 Å². The summed E-state index contributed by atoms with van der Waals surface area (Å²) >= 11 is 0. The summed E-state index contributed by atoms with van der Waals surface area (Å²) in [5, 5.41) is 5.75. The maximum Gasteiger partial charge on any atom is 0.406 e. The van der Waals surface area contributed by atoms with Gasteiger partial charge in [0.05, 0.1) is 19.7 Å². The second-order valence-corrected chi connectivity index (χ2v) is 6.37. The lowest BCUT2D eigenvalue weighted by molar-refractivity contribution is -0.157. The van der Waals surface area contributed by atoms with Gasteiger partial charge in [0.15, 0.2) is 5.96 Å². The molecule has 158 valence electrons. The molecule has 0 heterocycles. The van der Waals surface area contributed by atoms with Gasteiger partial charge in [0.2, 0.25) is 5.91 Å². The van der Waals surface area contributed by atoms with E-state index in [1.54, 1.807) is 0 Å². The number of amides is 1. The van der Waals surface area contributed by atoms with Crippen LogP contribution in [0, 0.1) is 6.92 Å². The predicted molar refractivity (Wildman–Crippen MR) is 103 cm³/mol. The van der Waals surface area contributed by atoms with Gasteiger partial charge in [0.1, 0.15) is 12.3 Å². The Kier molecular flexibility index (Phi) is 9.61. The molecule has 0 aliphatic carbocycles. The molecule has 0 unspecified atom stereocenters. The second kappa shape index (κ2) is 11.4. The van der Waals surface area contributed by atoms with Crippen LogP contribution in [0.15, 0.2) is 23.2 Å². The Morgan fingerprint density at radius 2 is 1.96 bits per heavy atom. The zero-order valence-electron chi connectivity index (χ0n) is 16.8. The van der Waals surface area contributed by atoms with Crippen molar-refractivity contribution in [3.63, 3.8) is 0 Å². The minimum atomic E-state index is -4.43. The van der Waals surface area contributed by atoms with E-state index in [0.29, 0.717) is 30.6 Å². The Hall–Kier alpha value is -2.45. The van der Waals surface area contributed by atoms with Crippen molar-refractivity contribution in [3.05, 3.63) is 29.3 Å². The molecule has 1 rings (SSSR count). The maximum absolute atomic E-state index is 12.4. The molecule has 0 aliphatic rings. The summed E-state index contributed by atoms with van der Waals surface area (Å²) in [7, 11) is 1.12. The van der Waals surface area contributed by atoms with Crippen LogP contribution < -0.4 is 15.4 Å². The fourth-order valence-corrected chi connectivity index (χ4v) is 2.30. The number of aryl methyl sites for hydroxylation is 1. The molecule has 28 heavy (non-hydrogen) atoms. The van der Waals surface area contributed by atoms with Crippen molar-refractivity contribution in [2.75, 3.05) is 33.3 Å². The molecule has 0 aromatic heterocycles. The van der Waals surface area contributed by atoms with Gasteiger partial charge < -0.3 is 20.3 Å². The van der Waals surface area contributed by atoms with Gasteiger partial charge in [-0.1, -0.05) is 19.1 Å². The van der Waals surface area contributed by atoms with Gasteiger partial charge >= 0.3 is 6.18 Å². The third-order valence-electron chi connectivity index (χ3n) is 3.69. The number of nitrogens with one attached hydrogen (secondary N) is 2. The lowest BCUT2D eigenvalue weighted by Crippen LogP contribution is -2.45. The number of benzene rings is 1. The molecule has 2 N–H and O–H groups in total. The molecule has 0 atom stereocenters. The quantitative estimate of drug-likeness (QED) is 0.492. The molecule has 6 nitrogen and oxygen atoms in total. The smallest absolute Gasteiger partial charge is 0.406 e. The van der Waals surface area contributed by atoms with E-state index in [4.69, 9.17) is 4.74 Å². The van der Waals surface area contributed by atoms with Crippen LogP contribution in [0.5, 0.6) is 5.75 Å². The molecule has 1 aromatic carbocycles. The van der Waals surface area contributed by atoms with Gasteiger partial charge in [-0.25, -0.2) is 4.99 Å². The number of halogens is 3. The highest BCUT2D eigenvalue weighted by Gasteiger charge is 2.31. The number of likely N-dealkylation sites (N-methyl/N-ethyl adjacent to an activating group) is 1. The predicted octanol–water partition coefficient (Wildman–Crippen LogP) is 2.86. The first kappa shape index (κ1) is 23.6. The van der Waals surface area contributed by atoms with Gasteiger partial charge in [0.25, 0.3) is 0 Å². The molecule has 9 heteroatoms. The van der Waals surface area contributed by atoms with Gasteiger partial charge in [-0.05, 0) is 31.9 Å². The zero-order chi connectivity index (χ0) is 21.2. The van der Waals surface area contributed by atoms with Crippen molar-refractivity contribution in [1.29, 1.82) is 0 Å². The topological polar surface area (TPSA) is 66.0 Å². The Morgan fingerprint density at radius 3 is 2.57 bits per heavy atom. The van der Waals surface area contributed by atoms with Crippen LogP contribution in [0.25, 0.3) is 0 Å². The number of ether oxygens (including phenoxy) is 1. The summed E-state index contributed by atoms with van der Waals surface area (Å²) in [5.41, 5.74) is 1.96. The molecule has 0 saturated carbocycles. The number of rotatable bonds is 9. The molecule has 0 aliphatic heterocycles. The fraction of sp³-hybridized carbons (Fsp3) is 0.579. The number of alkyl halides is 3. The average Bonchev–Trinajstić information content (AvgIpc) is 2.61. The largest absolute Gasteiger partial charge is 0.493 e. The minimum absolute atomic E-state index is 0.286. The minimum Gasteiger partial charge on any atom is -0.493 e. The van der Waals surface area contributed by atoms with E-state index in [1.165, 1.54) is 0 Å². The Balaban J connectivity index is 2.76. The second-order valence-electron chi connectivity index (χ2n) is 6.37. The molecule has 0 bridgehead atoms. The fourth-order valence-electron chi connectivity index (χ4n) is 2.30. The number of aliphatic imine (C=N–C) groups is 1. The number of carbonyl (C=O) groups is 1. The first-order chi connectivity index (χ1) is 13.2. The molecule has 1 amide bonds. The van der Waals surface area contributed by atoms with Crippen molar-refractivity contribution in [2.45, 2.75) is 39.9 Å². The summed E-state index contributed by atoms with van der Waals surface area (Å²) < 4.78 is 42.9. The van der Waals surface area contributed by atoms with E-state index < -0.39 is 18.6 Å². The molecular formula is C19H29F3N4O2. The monoisotopic (exact) mass is 402 g/mol. The summed E-state index contributed by atoms with van der Waals surface area (Å²) in [6.07, 6.45) is -3.54. The SMILES string of the molecule is CCCOc1cc(C)ccc1CN=C(NCC)NCC(=O)N(C)CC(F)(F)F. The van der Waals surface area contributed by atoms with Crippen LogP contribution in [0.2, 0.25) is 0 Å². The zero-order valence-corrected chi connectivity index (χ0v) is 16.8. The van der Waals surface area contributed by atoms with E-state index in [-0.39, 0.29) is 6.54 Å². The standard InChI is InChI=1S/C19H29F3N4O2/c1-5-9-28-16-10-14(3)7-8-15(16)11-24-18(23-6-2)25-12-17(27)26(4)13-19(20,21)22/h7-8,10H,5-6,9,11-13H2,1-4H3,(H2,23,24,25). The number of carbonyl (C=O) groups excluding carboxylic acids is 1. The van der Waals surface area contributed by atoms with Crippen molar-refractivity contribution in [1.82, 2.24) is 15.5 Å². The van der Waals surface area contributed by atoms with Gasteiger partial charge in [-0.15, -0.1) is 0 Å². The van der Waals surface area contributed by atoms with Crippen LogP contribution in [0.3, 0.4) is 0 Å². The van der Waals surface area contributed by atoms with E-state index >= 15 is 0 Å². The Morgan fingerprint density at radius 1 is 1.25 bits per heavy atom. The van der Waals surface area contributed by atoms with Crippen LogP contribution in [-0.2, 0) is 11.3 Å². The van der Waals surface area contributed by atoms with E-state index in [1.807, 2.05) is 39.0 Å². The van der Waals surface area contributed by atoms with Gasteiger partial charge in [-0.2, -0.15) is 13.2 Å². The lowest BCUT2D eigenvalue weighted by Gasteiger charge is -2.20. The number of hydrogen-bond acceptors (Lipinski definition) is 3. The summed E-state index contributed by atoms with van der Waals surface area (Å²) in [4.78, 5) is 16.9. The van der Waals surface area contributed by atoms with Crippen molar-refractivity contribution in [2.24, 2.45) is 4.99 Å². The van der Waals surface area contributed by atoms with E-state index in [0.717, 1.165) is 30.3 Å². The summed E-state index contributed by atoms with van der Waals surface area (Å²) in [5.74, 6) is 0.422. The number of hydrogen-bond donors (Lipinski definition) is 2. The third kappa shape index (κ3) is 8.96. The summed E-state index contributed by atoms with van der Waals surface area (Å²) in [6, 6.07) is 5.83. The van der Waals surface area contributed by atoms with E-state index in [9.17, 15) is 18.0 Å². The first-order valence-electron chi connectivity index (χ1n) is 9.21. The molecule has 0 radical (unpaired) electrons. The molecule has 1 aromatic rings. The highest BCUT2D eigenvalue weighted by atomic mass is 19.4. The van der Waals surface area contributed by atoms with Crippen LogP contribution in [0.1, 0.15) is 31.4 Å². The first-order valence-corrected chi connectivity index (χ1v) is 9.21. The highest BCUT2D eigenvalue weighted by Crippen LogP contribution is 2.21. The van der Waals surface area contributed by atoms with E-state index in [2.05, 4.69) is 15.6 Å². The molecule has 0 saturated heterocycles.